The van der Waals surface area contributed by atoms with Crippen molar-refractivity contribution in [1.29, 1.82) is 0 Å². The molecule has 12 rings (SSSR count). The third kappa shape index (κ3) is 5.33. The lowest BCUT2D eigenvalue weighted by atomic mass is 9.63. The quantitative estimate of drug-likeness (QED) is 0.152. The summed E-state index contributed by atoms with van der Waals surface area (Å²) in [7, 11) is 0. The fraction of sp³-hybridized carbons (Fsp3) is 0.167. The molecule has 0 aromatic heterocycles. The van der Waals surface area contributed by atoms with Crippen molar-refractivity contribution in [2.45, 2.75) is 55.9 Å². The molecule has 0 spiro atoms. The third-order valence-corrected chi connectivity index (χ3v) is 14.9. The number of hydrogen-bond donors (Lipinski definition) is 0. The highest BCUT2D eigenvalue weighted by molar-refractivity contribution is 6.13. The zero-order valence-electron chi connectivity index (χ0n) is 34.9. The SMILES string of the molecule is CC1(C)c2ccccc2C2C=CC=C(N(c3ccc(-c4cc5ccccc5c5ccccc45)cc3)C3C=CC4=C(C3)C(C3=CC=CCC3)(c3ccccc3)c3ccccc34)C21. The largest absolute Gasteiger partial charge is 0.338 e. The second-order valence-electron chi connectivity index (χ2n) is 18.2. The lowest BCUT2D eigenvalue weighted by molar-refractivity contribution is 0.363. The molecule has 0 saturated carbocycles. The van der Waals surface area contributed by atoms with Crippen LogP contribution >= 0.6 is 0 Å². The van der Waals surface area contributed by atoms with Gasteiger partial charge in [-0.3, -0.25) is 0 Å². The van der Waals surface area contributed by atoms with Gasteiger partial charge in [-0.05, 0) is 121 Å². The van der Waals surface area contributed by atoms with Gasteiger partial charge < -0.3 is 4.90 Å². The van der Waals surface area contributed by atoms with Crippen molar-refractivity contribution in [2.24, 2.45) is 5.92 Å². The number of nitrogens with zero attached hydrogens (tertiary/aromatic N) is 1. The molecule has 5 aliphatic carbocycles. The van der Waals surface area contributed by atoms with E-state index in [2.05, 4.69) is 225 Å². The topological polar surface area (TPSA) is 3.24 Å². The summed E-state index contributed by atoms with van der Waals surface area (Å²) >= 11 is 0. The van der Waals surface area contributed by atoms with Gasteiger partial charge in [0, 0.05) is 23.2 Å². The van der Waals surface area contributed by atoms with Crippen molar-refractivity contribution >= 4 is 32.8 Å². The molecule has 0 radical (unpaired) electrons. The van der Waals surface area contributed by atoms with E-state index in [1.165, 1.54) is 88.6 Å². The van der Waals surface area contributed by atoms with E-state index >= 15 is 0 Å². The van der Waals surface area contributed by atoms with Gasteiger partial charge in [-0.15, -0.1) is 0 Å². The molecule has 0 bridgehead atoms. The van der Waals surface area contributed by atoms with Gasteiger partial charge >= 0.3 is 0 Å². The average Bonchev–Trinajstić information content (AvgIpc) is 3.75. The minimum Gasteiger partial charge on any atom is -0.338 e. The van der Waals surface area contributed by atoms with Crippen molar-refractivity contribution in [3.8, 4) is 11.1 Å². The van der Waals surface area contributed by atoms with Crippen LogP contribution in [-0.4, -0.2) is 6.04 Å². The minimum absolute atomic E-state index is 0.0561. The van der Waals surface area contributed by atoms with Gasteiger partial charge in [0.25, 0.3) is 0 Å². The second-order valence-corrected chi connectivity index (χ2v) is 18.2. The van der Waals surface area contributed by atoms with E-state index in [4.69, 9.17) is 0 Å². The van der Waals surface area contributed by atoms with Crippen LogP contribution in [0.25, 0.3) is 38.2 Å². The Labute approximate surface area is 360 Å². The molecular formula is C60H49N. The number of allylic oxidation sites excluding steroid dienone is 10. The Bertz CT molecular complexity index is 3090. The van der Waals surface area contributed by atoms with Crippen LogP contribution in [0.3, 0.4) is 0 Å². The van der Waals surface area contributed by atoms with Crippen LogP contribution in [0, 0.1) is 5.92 Å². The van der Waals surface area contributed by atoms with Gasteiger partial charge in [0.15, 0.2) is 0 Å². The van der Waals surface area contributed by atoms with Gasteiger partial charge in [-0.2, -0.15) is 0 Å². The second kappa shape index (κ2) is 13.9. The van der Waals surface area contributed by atoms with Crippen LogP contribution in [0.15, 0.2) is 223 Å². The maximum Gasteiger partial charge on any atom is 0.0640 e. The van der Waals surface area contributed by atoms with E-state index in [9.17, 15) is 0 Å². The first-order chi connectivity index (χ1) is 30.0. The molecule has 5 aliphatic rings. The Morgan fingerprint density at radius 2 is 1.33 bits per heavy atom. The zero-order valence-corrected chi connectivity index (χ0v) is 34.9. The first-order valence-electron chi connectivity index (χ1n) is 22.2. The van der Waals surface area contributed by atoms with E-state index in [0.717, 1.165) is 19.3 Å². The van der Waals surface area contributed by atoms with Crippen LogP contribution in [0.1, 0.15) is 66.8 Å². The van der Waals surface area contributed by atoms with Crippen LogP contribution in [0.4, 0.5) is 5.69 Å². The first kappa shape index (κ1) is 36.2. The monoisotopic (exact) mass is 783 g/mol. The van der Waals surface area contributed by atoms with E-state index < -0.39 is 0 Å². The van der Waals surface area contributed by atoms with Crippen molar-refractivity contribution in [3.05, 3.63) is 251 Å². The maximum atomic E-state index is 2.74. The van der Waals surface area contributed by atoms with Crippen LogP contribution in [-0.2, 0) is 10.8 Å². The predicted octanol–water partition coefficient (Wildman–Crippen LogP) is 15.0. The van der Waals surface area contributed by atoms with Crippen molar-refractivity contribution in [1.82, 2.24) is 0 Å². The highest BCUT2D eigenvalue weighted by Crippen LogP contribution is 2.61. The average molecular weight is 784 g/mol. The Kier molecular flexibility index (Phi) is 8.26. The lowest BCUT2D eigenvalue weighted by Crippen LogP contribution is -2.43. The zero-order chi connectivity index (χ0) is 40.7. The summed E-state index contributed by atoms with van der Waals surface area (Å²) in [6.07, 6.45) is 22.3. The molecule has 4 unspecified atom stereocenters. The summed E-state index contributed by atoms with van der Waals surface area (Å²) < 4.78 is 0. The minimum atomic E-state index is -0.333. The fourth-order valence-electron chi connectivity index (χ4n) is 12.3. The van der Waals surface area contributed by atoms with Gasteiger partial charge in [0.05, 0.1) is 11.5 Å². The summed E-state index contributed by atoms with van der Waals surface area (Å²) in [6, 6.07) is 59.6. The summed E-state index contributed by atoms with van der Waals surface area (Å²) in [5, 5.41) is 5.16. The van der Waals surface area contributed by atoms with Crippen LogP contribution in [0.5, 0.6) is 0 Å². The molecule has 1 heteroatoms. The number of fused-ring (bicyclic) bond motifs is 8. The molecule has 0 heterocycles. The van der Waals surface area contributed by atoms with Crippen LogP contribution < -0.4 is 4.90 Å². The lowest BCUT2D eigenvalue weighted by Gasteiger charge is -2.46. The molecule has 0 amide bonds. The first-order valence-corrected chi connectivity index (χ1v) is 22.2. The van der Waals surface area contributed by atoms with E-state index in [0.29, 0.717) is 5.92 Å². The normalized spacial score (nSPS) is 23.0. The number of anilines is 1. The Hall–Kier alpha value is -6.70. The Morgan fingerprint density at radius 3 is 2.15 bits per heavy atom. The van der Waals surface area contributed by atoms with Crippen molar-refractivity contribution in [2.75, 3.05) is 4.90 Å². The number of hydrogen-bond acceptors (Lipinski definition) is 1. The molecule has 7 aromatic rings. The highest BCUT2D eigenvalue weighted by Gasteiger charge is 2.52. The molecule has 1 nitrogen and oxygen atoms in total. The Morgan fingerprint density at radius 1 is 0.607 bits per heavy atom. The van der Waals surface area contributed by atoms with Gasteiger partial charge in [-0.25, -0.2) is 0 Å². The molecule has 0 fully saturated rings. The molecule has 7 aromatic carbocycles. The molecule has 0 N–H and O–H groups in total. The Balaban J connectivity index is 1.03. The van der Waals surface area contributed by atoms with E-state index in [1.807, 2.05) is 0 Å². The third-order valence-electron chi connectivity index (χ3n) is 14.9. The number of rotatable bonds is 6. The standard InChI is InChI=1S/C60H49N/c1-59(2)54-29-15-13-27-50(54)52-28-17-31-57(58(52)59)61(44-34-32-40(33-35-44)53-38-41-18-9-10-23-46(41)47-24-11-12-25-48(47)53)45-36-37-51-49-26-14-16-30-55(49)60(56(51)39-45,42-19-5-3-6-20-42)43-21-7-4-8-22-43/h3-7,9-21,23-38,45,52,58H,8,22,39H2,1-2H3. The van der Waals surface area contributed by atoms with Crippen LogP contribution in [0.2, 0.25) is 0 Å². The van der Waals surface area contributed by atoms with Crippen molar-refractivity contribution < 1.29 is 0 Å². The van der Waals surface area contributed by atoms with E-state index in [1.54, 1.807) is 0 Å². The molecular weight excluding hydrogens is 735 g/mol. The summed E-state index contributed by atoms with van der Waals surface area (Å²) in [4.78, 5) is 2.74. The molecule has 294 valence electrons. The van der Waals surface area contributed by atoms with E-state index in [-0.39, 0.29) is 22.8 Å². The molecule has 4 atom stereocenters. The summed E-state index contributed by atoms with van der Waals surface area (Å²) in [5.41, 5.74) is 16.3. The smallest absolute Gasteiger partial charge is 0.0640 e. The van der Waals surface area contributed by atoms with Gasteiger partial charge in [-0.1, -0.05) is 201 Å². The highest BCUT2D eigenvalue weighted by atomic mass is 15.2. The number of benzene rings is 7. The van der Waals surface area contributed by atoms with Gasteiger partial charge in [0.1, 0.15) is 0 Å². The predicted molar refractivity (Wildman–Crippen MR) is 257 cm³/mol. The molecule has 0 aliphatic heterocycles. The maximum absolute atomic E-state index is 2.74. The summed E-state index contributed by atoms with van der Waals surface area (Å²) in [6.45, 7) is 4.95. The van der Waals surface area contributed by atoms with Gasteiger partial charge in [0.2, 0.25) is 0 Å². The summed E-state index contributed by atoms with van der Waals surface area (Å²) in [5.74, 6) is 0.603. The fourth-order valence-corrected chi connectivity index (χ4v) is 12.3. The van der Waals surface area contributed by atoms with Crippen molar-refractivity contribution in [3.63, 3.8) is 0 Å². The molecule has 0 saturated heterocycles. The molecule has 61 heavy (non-hydrogen) atoms.